The van der Waals surface area contributed by atoms with Gasteiger partial charge >= 0.3 is 0 Å². The number of benzene rings is 7. The van der Waals surface area contributed by atoms with E-state index in [1.54, 1.807) is 30.3 Å². The Labute approximate surface area is 225 Å². The number of hydrogen-bond acceptors (Lipinski definition) is 1. The lowest BCUT2D eigenvalue weighted by Crippen LogP contribution is -1.91. The minimum atomic E-state index is -0.428. The summed E-state index contributed by atoms with van der Waals surface area (Å²) in [5.41, 5.74) is 2.97. The van der Waals surface area contributed by atoms with E-state index in [1.807, 2.05) is 54.6 Å². The maximum atomic E-state index is 9.21. The molecule has 0 aliphatic carbocycles. The lowest BCUT2D eigenvalue weighted by molar-refractivity contribution is 0.673. The standard InChI is InChI=1S/C36H22O/c1-2-12-24(13-3-1)33-26-15-6-8-17-28(26)34(29-18-9-7-16-27(29)33)30-19-10-20-32-35(30)31-22-21-23-11-4-5-14-25(23)36(31)37-32/h1-22H/i6D,7D,8D,9D,15D,16D,17D,18D. The van der Waals surface area contributed by atoms with Crippen LogP contribution in [-0.2, 0) is 0 Å². The van der Waals surface area contributed by atoms with Crippen molar-refractivity contribution in [2.24, 2.45) is 0 Å². The van der Waals surface area contributed by atoms with Crippen LogP contribution in [0.1, 0.15) is 11.0 Å². The van der Waals surface area contributed by atoms with Gasteiger partial charge in [-0.15, -0.1) is 0 Å². The molecule has 0 fully saturated rings. The summed E-state index contributed by atoms with van der Waals surface area (Å²) in [7, 11) is 0. The molecule has 1 heterocycles. The Bertz CT molecular complexity index is 2490. The van der Waals surface area contributed by atoms with Gasteiger partial charge in [-0.05, 0) is 61.3 Å². The zero-order chi connectivity index (χ0) is 31.3. The molecule has 0 spiro atoms. The molecule has 0 saturated heterocycles. The van der Waals surface area contributed by atoms with E-state index in [0.29, 0.717) is 38.8 Å². The Morgan fingerprint density at radius 3 is 1.86 bits per heavy atom. The third kappa shape index (κ3) is 2.92. The van der Waals surface area contributed by atoms with Crippen LogP contribution in [0, 0.1) is 0 Å². The van der Waals surface area contributed by atoms with Gasteiger partial charge in [0.2, 0.25) is 0 Å². The van der Waals surface area contributed by atoms with Gasteiger partial charge in [0, 0.05) is 16.2 Å². The number of hydrogen-bond donors (Lipinski definition) is 0. The van der Waals surface area contributed by atoms with E-state index in [2.05, 4.69) is 0 Å². The summed E-state index contributed by atoms with van der Waals surface area (Å²) < 4.78 is 77.7. The normalized spacial score (nSPS) is 14.8. The molecule has 0 radical (unpaired) electrons. The second-order valence-electron chi connectivity index (χ2n) is 9.06. The number of fused-ring (bicyclic) bond motifs is 7. The van der Waals surface area contributed by atoms with Crippen LogP contribution in [0.5, 0.6) is 0 Å². The van der Waals surface area contributed by atoms with Crippen molar-refractivity contribution >= 4 is 54.3 Å². The second-order valence-corrected chi connectivity index (χ2v) is 9.06. The summed E-state index contributed by atoms with van der Waals surface area (Å²) in [5.74, 6) is 0. The molecule has 0 bridgehead atoms. The molecular weight excluding hydrogens is 448 g/mol. The van der Waals surface area contributed by atoms with Crippen molar-refractivity contribution in [3.8, 4) is 22.3 Å². The van der Waals surface area contributed by atoms with E-state index in [-0.39, 0.29) is 45.7 Å². The minimum absolute atomic E-state index is 0.181. The molecule has 0 N–H and O–H groups in total. The monoisotopic (exact) mass is 478 g/mol. The first-order valence-electron chi connectivity index (χ1n) is 16.1. The number of rotatable bonds is 2. The molecule has 0 aliphatic rings. The molecule has 0 atom stereocenters. The Morgan fingerprint density at radius 1 is 0.486 bits per heavy atom. The summed E-state index contributed by atoms with van der Waals surface area (Å²) >= 11 is 0. The van der Waals surface area contributed by atoms with Gasteiger partial charge in [-0.25, -0.2) is 0 Å². The molecule has 8 rings (SSSR count). The van der Waals surface area contributed by atoms with E-state index in [9.17, 15) is 2.74 Å². The minimum Gasteiger partial charge on any atom is -0.455 e. The summed E-state index contributed by atoms with van der Waals surface area (Å²) in [4.78, 5) is 0. The molecule has 172 valence electrons. The van der Waals surface area contributed by atoms with Crippen LogP contribution in [0.3, 0.4) is 0 Å². The fourth-order valence-electron chi connectivity index (χ4n) is 5.55. The van der Waals surface area contributed by atoms with Crippen molar-refractivity contribution in [3.63, 3.8) is 0 Å². The second kappa shape index (κ2) is 7.81. The average molecular weight is 479 g/mol. The van der Waals surface area contributed by atoms with Crippen molar-refractivity contribution in [2.45, 2.75) is 0 Å². The lowest BCUT2D eigenvalue weighted by Gasteiger charge is -2.18. The third-order valence-electron chi connectivity index (χ3n) is 7.09. The molecule has 0 aliphatic heterocycles. The lowest BCUT2D eigenvalue weighted by atomic mass is 9.85. The zero-order valence-electron chi connectivity index (χ0n) is 27.5. The summed E-state index contributed by atoms with van der Waals surface area (Å²) in [6, 6.07) is 23.4. The van der Waals surface area contributed by atoms with Crippen LogP contribution in [0.15, 0.2) is 138 Å². The Morgan fingerprint density at radius 2 is 1.14 bits per heavy atom. The Hall–Kier alpha value is -4.88. The molecule has 1 aromatic heterocycles. The average Bonchev–Trinajstić information content (AvgIpc) is 3.46. The molecular formula is C36H22O. The largest absolute Gasteiger partial charge is 0.455 e. The fraction of sp³-hybridized carbons (Fsp3) is 0. The molecule has 0 saturated carbocycles. The number of furan rings is 1. The SMILES string of the molecule is [2H]c1c([2H])c([2H])c2c(-c3cccc4oc5c6ccccc6ccc5c34)c3c([2H])c([2H])c([2H])c([2H])c3c(-c3ccccc3)c2c1[2H]. The first kappa shape index (κ1) is 14.0. The van der Waals surface area contributed by atoms with Crippen LogP contribution >= 0.6 is 0 Å². The highest BCUT2D eigenvalue weighted by Crippen LogP contribution is 2.47. The molecule has 8 aromatic rings. The first-order valence-corrected chi connectivity index (χ1v) is 12.1. The predicted molar refractivity (Wildman–Crippen MR) is 157 cm³/mol. The van der Waals surface area contributed by atoms with Gasteiger partial charge in [0.1, 0.15) is 11.2 Å². The highest BCUT2D eigenvalue weighted by Gasteiger charge is 2.20. The first-order chi connectivity index (χ1) is 21.7. The van der Waals surface area contributed by atoms with Crippen LogP contribution < -0.4 is 0 Å². The topological polar surface area (TPSA) is 13.1 Å². The van der Waals surface area contributed by atoms with E-state index in [4.69, 9.17) is 12.6 Å². The van der Waals surface area contributed by atoms with E-state index < -0.39 is 24.2 Å². The Balaban J connectivity index is 1.71. The maximum absolute atomic E-state index is 9.21. The molecule has 1 nitrogen and oxygen atoms in total. The summed E-state index contributed by atoms with van der Waals surface area (Å²) in [5, 5.41) is 4.12. The van der Waals surface area contributed by atoms with Crippen molar-refractivity contribution in [2.75, 3.05) is 0 Å². The summed E-state index contributed by atoms with van der Waals surface area (Å²) in [6.45, 7) is 0. The van der Waals surface area contributed by atoms with E-state index in [0.717, 1.165) is 16.2 Å². The highest BCUT2D eigenvalue weighted by atomic mass is 16.3. The highest BCUT2D eigenvalue weighted by molar-refractivity contribution is 6.26. The van der Waals surface area contributed by atoms with Gasteiger partial charge in [0.05, 0.1) is 11.0 Å². The van der Waals surface area contributed by atoms with Gasteiger partial charge in [0.15, 0.2) is 0 Å². The quantitative estimate of drug-likeness (QED) is 0.225. The van der Waals surface area contributed by atoms with Crippen LogP contribution in [0.25, 0.3) is 76.5 Å². The summed E-state index contributed by atoms with van der Waals surface area (Å²) in [6.07, 6.45) is 0. The van der Waals surface area contributed by atoms with Crippen LogP contribution in [0.4, 0.5) is 0 Å². The van der Waals surface area contributed by atoms with Crippen molar-refractivity contribution in [3.05, 3.63) is 133 Å². The van der Waals surface area contributed by atoms with Crippen LogP contribution in [0.2, 0.25) is 0 Å². The van der Waals surface area contributed by atoms with Crippen LogP contribution in [-0.4, -0.2) is 0 Å². The molecule has 37 heavy (non-hydrogen) atoms. The van der Waals surface area contributed by atoms with Gasteiger partial charge in [-0.1, -0.05) is 121 Å². The van der Waals surface area contributed by atoms with Gasteiger partial charge in [-0.3, -0.25) is 0 Å². The smallest absolute Gasteiger partial charge is 0.143 e. The van der Waals surface area contributed by atoms with E-state index >= 15 is 0 Å². The molecule has 0 amide bonds. The van der Waals surface area contributed by atoms with Crippen molar-refractivity contribution < 1.29 is 15.4 Å². The molecule has 1 heteroatoms. The van der Waals surface area contributed by atoms with Crippen molar-refractivity contribution in [1.82, 2.24) is 0 Å². The zero-order valence-corrected chi connectivity index (χ0v) is 19.5. The Kier molecular flexibility index (Phi) is 2.96. The molecule has 7 aromatic carbocycles. The van der Waals surface area contributed by atoms with Gasteiger partial charge < -0.3 is 4.42 Å². The van der Waals surface area contributed by atoms with E-state index in [1.165, 1.54) is 0 Å². The molecule has 0 unspecified atom stereocenters. The predicted octanol–water partition coefficient (Wildman–Crippen LogP) is 10.4. The maximum Gasteiger partial charge on any atom is 0.143 e. The third-order valence-corrected chi connectivity index (χ3v) is 7.09. The van der Waals surface area contributed by atoms with Gasteiger partial charge in [-0.2, -0.15) is 0 Å². The fourth-order valence-corrected chi connectivity index (χ4v) is 5.55. The van der Waals surface area contributed by atoms with Gasteiger partial charge in [0.25, 0.3) is 0 Å². The van der Waals surface area contributed by atoms with Crippen molar-refractivity contribution in [1.29, 1.82) is 0 Å².